The molecule has 2 rings (SSSR count). The normalized spacial score (nSPS) is 10.3. The van der Waals surface area contributed by atoms with Crippen molar-refractivity contribution in [2.75, 3.05) is 0 Å². The molecule has 0 aliphatic rings. The van der Waals surface area contributed by atoms with Crippen molar-refractivity contribution in [3.63, 3.8) is 0 Å². The van der Waals surface area contributed by atoms with Crippen molar-refractivity contribution in [2.24, 2.45) is 0 Å². The first-order valence-electron chi connectivity index (χ1n) is 3.94. The van der Waals surface area contributed by atoms with Gasteiger partial charge in [-0.15, -0.1) is 0 Å². The summed E-state index contributed by atoms with van der Waals surface area (Å²) in [5.41, 5.74) is -1.15. The van der Waals surface area contributed by atoms with Crippen LogP contribution < -0.4 is 11.4 Å². The fourth-order valence-corrected chi connectivity index (χ4v) is 1.05. The molecule has 2 aromatic rings. The summed E-state index contributed by atoms with van der Waals surface area (Å²) >= 11 is 0. The van der Waals surface area contributed by atoms with E-state index in [0.29, 0.717) is 5.76 Å². The summed E-state index contributed by atoms with van der Waals surface area (Å²) in [5, 5.41) is 0. The predicted molar refractivity (Wildman–Crippen MR) is 46.9 cm³/mol. The molecule has 0 radical (unpaired) electrons. The van der Waals surface area contributed by atoms with Gasteiger partial charge in [0.15, 0.2) is 0 Å². The zero-order valence-electron chi connectivity index (χ0n) is 7.14. The molecule has 6 nitrogen and oxygen atoms in total. The van der Waals surface area contributed by atoms with E-state index in [1.807, 2.05) is 0 Å². The first-order chi connectivity index (χ1) is 6.75. The van der Waals surface area contributed by atoms with Crippen molar-refractivity contribution in [1.82, 2.24) is 14.5 Å². The number of hydrogen-bond acceptors (Lipinski definition) is 4. The van der Waals surface area contributed by atoms with E-state index in [1.165, 1.54) is 17.2 Å². The molecule has 0 aliphatic heterocycles. The molecule has 72 valence electrons. The highest BCUT2D eigenvalue weighted by Crippen LogP contribution is 1.99. The van der Waals surface area contributed by atoms with E-state index in [1.54, 1.807) is 12.1 Å². The summed E-state index contributed by atoms with van der Waals surface area (Å²) in [6.07, 6.45) is 2.70. The van der Waals surface area contributed by atoms with E-state index in [0.717, 1.165) is 0 Å². The van der Waals surface area contributed by atoms with Gasteiger partial charge in [-0.05, 0) is 12.1 Å². The lowest BCUT2D eigenvalue weighted by Crippen LogP contribution is -2.31. The predicted octanol–water partition coefficient (Wildman–Crippen LogP) is -0.427. The van der Waals surface area contributed by atoms with Crippen molar-refractivity contribution in [3.05, 3.63) is 51.5 Å². The molecule has 0 aliphatic carbocycles. The van der Waals surface area contributed by atoms with E-state index >= 15 is 0 Å². The molecule has 0 amide bonds. The summed E-state index contributed by atoms with van der Waals surface area (Å²) in [6, 6.07) is 3.46. The molecule has 0 aromatic carbocycles. The van der Waals surface area contributed by atoms with Gasteiger partial charge in [0.2, 0.25) is 0 Å². The molecule has 14 heavy (non-hydrogen) atoms. The molecule has 6 heteroatoms. The van der Waals surface area contributed by atoms with Crippen LogP contribution in [-0.4, -0.2) is 14.5 Å². The molecule has 1 N–H and O–H groups in total. The minimum Gasteiger partial charge on any atom is -0.467 e. The Balaban J connectivity index is 2.35. The van der Waals surface area contributed by atoms with Crippen molar-refractivity contribution in [1.29, 1.82) is 0 Å². The van der Waals surface area contributed by atoms with E-state index in [9.17, 15) is 9.59 Å². The van der Waals surface area contributed by atoms with Crippen LogP contribution in [0.15, 0.2) is 38.7 Å². The maximum absolute atomic E-state index is 11.2. The highest BCUT2D eigenvalue weighted by Gasteiger charge is 2.00. The Bertz CT molecular complexity index is 523. The Hall–Kier alpha value is -2.11. The Morgan fingerprint density at radius 1 is 1.50 bits per heavy atom. The van der Waals surface area contributed by atoms with Crippen molar-refractivity contribution >= 4 is 0 Å². The number of H-pyrrole nitrogens is 1. The number of aromatic nitrogens is 3. The molecule has 0 unspecified atom stereocenters. The molecule has 0 saturated heterocycles. The van der Waals surface area contributed by atoms with Crippen molar-refractivity contribution in [3.8, 4) is 0 Å². The zero-order chi connectivity index (χ0) is 9.97. The fraction of sp³-hybridized carbons (Fsp3) is 0.125. The topological polar surface area (TPSA) is 80.9 Å². The van der Waals surface area contributed by atoms with Gasteiger partial charge >= 0.3 is 11.4 Å². The minimum absolute atomic E-state index is 0.260. The number of furan rings is 1. The van der Waals surface area contributed by atoms with Gasteiger partial charge in [-0.1, -0.05) is 0 Å². The Morgan fingerprint density at radius 2 is 2.36 bits per heavy atom. The minimum atomic E-state index is -0.648. The number of hydrogen-bond donors (Lipinski definition) is 1. The van der Waals surface area contributed by atoms with Crippen molar-refractivity contribution < 1.29 is 4.42 Å². The van der Waals surface area contributed by atoms with Gasteiger partial charge in [-0.2, -0.15) is 4.98 Å². The second-order valence-corrected chi connectivity index (χ2v) is 2.69. The SMILES string of the molecule is O=c1ncn(Cc2ccco2)c(=O)[nH]1. The summed E-state index contributed by atoms with van der Waals surface area (Å²) < 4.78 is 6.29. The van der Waals surface area contributed by atoms with Crippen molar-refractivity contribution in [2.45, 2.75) is 6.54 Å². The standard InChI is InChI=1S/C8H7N3O3/c12-7-9-5-11(8(13)10-7)4-6-2-1-3-14-6/h1-3,5H,4H2,(H,10,12,13). The molecule has 0 fully saturated rings. The first kappa shape index (κ1) is 8.49. The van der Waals surface area contributed by atoms with E-state index < -0.39 is 11.4 Å². The zero-order valence-corrected chi connectivity index (χ0v) is 7.14. The summed E-state index contributed by atoms with van der Waals surface area (Å²) in [6.45, 7) is 0.260. The number of aromatic amines is 1. The molecule has 2 aromatic heterocycles. The number of nitrogens with one attached hydrogen (secondary N) is 1. The summed E-state index contributed by atoms with van der Waals surface area (Å²) in [5.74, 6) is 0.626. The van der Waals surface area contributed by atoms with Crippen LogP contribution in [-0.2, 0) is 6.54 Å². The van der Waals surface area contributed by atoms with Crippen LogP contribution in [0, 0.1) is 0 Å². The maximum Gasteiger partial charge on any atom is 0.350 e. The van der Waals surface area contributed by atoms with E-state index in [2.05, 4.69) is 9.97 Å². The van der Waals surface area contributed by atoms with Gasteiger partial charge in [-0.25, -0.2) is 9.59 Å². The molecular weight excluding hydrogens is 186 g/mol. The highest BCUT2D eigenvalue weighted by molar-refractivity contribution is 4.98. The van der Waals surface area contributed by atoms with Crippen LogP contribution in [0.3, 0.4) is 0 Å². The maximum atomic E-state index is 11.2. The highest BCUT2D eigenvalue weighted by atomic mass is 16.3. The van der Waals surface area contributed by atoms with Crippen LogP contribution in [0.2, 0.25) is 0 Å². The van der Waals surface area contributed by atoms with Crippen LogP contribution in [0.4, 0.5) is 0 Å². The first-order valence-corrected chi connectivity index (χ1v) is 3.94. The molecular formula is C8H7N3O3. The lowest BCUT2D eigenvalue weighted by molar-refractivity contribution is 0.484. The molecule has 2 heterocycles. The van der Waals surface area contributed by atoms with E-state index in [4.69, 9.17) is 4.42 Å². The molecule has 0 spiro atoms. The number of nitrogens with zero attached hydrogens (tertiary/aromatic N) is 2. The smallest absolute Gasteiger partial charge is 0.350 e. The Kier molecular flexibility index (Phi) is 2.02. The van der Waals surface area contributed by atoms with Gasteiger partial charge in [-0.3, -0.25) is 9.55 Å². The van der Waals surface area contributed by atoms with E-state index in [-0.39, 0.29) is 6.54 Å². The average Bonchev–Trinajstić information content (AvgIpc) is 2.62. The van der Waals surface area contributed by atoms with Crippen LogP contribution in [0.5, 0.6) is 0 Å². The third-order valence-corrected chi connectivity index (χ3v) is 1.70. The molecule has 0 bridgehead atoms. The molecule has 0 saturated carbocycles. The van der Waals surface area contributed by atoms with Crippen LogP contribution in [0.25, 0.3) is 0 Å². The average molecular weight is 193 g/mol. The largest absolute Gasteiger partial charge is 0.467 e. The second-order valence-electron chi connectivity index (χ2n) is 2.69. The van der Waals surface area contributed by atoms with Gasteiger partial charge in [0, 0.05) is 0 Å². The monoisotopic (exact) mass is 193 g/mol. The summed E-state index contributed by atoms with van der Waals surface area (Å²) in [7, 11) is 0. The van der Waals surface area contributed by atoms with Gasteiger partial charge < -0.3 is 4.42 Å². The number of rotatable bonds is 2. The third kappa shape index (κ3) is 1.63. The third-order valence-electron chi connectivity index (χ3n) is 1.70. The Morgan fingerprint density at radius 3 is 3.00 bits per heavy atom. The van der Waals surface area contributed by atoms with Crippen LogP contribution >= 0.6 is 0 Å². The fourth-order valence-electron chi connectivity index (χ4n) is 1.05. The summed E-state index contributed by atoms with van der Waals surface area (Å²) in [4.78, 5) is 27.3. The van der Waals surface area contributed by atoms with Gasteiger partial charge in [0.05, 0.1) is 12.8 Å². The quantitative estimate of drug-likeness (QED) is 0.701. The lowest BCUT2D eigenvalue weighted by Gasteiger charge is -1.99. The lowest BCUT2D eigenvalue weighted by atomic mass is 10.4. The Labute approximate surface area is 77.8 Å². The van der Waals surface area contributed by atoms with Gasteiger partial charge in [0.25, 0.3) is 0 Å². The van der Waals surface area contributed by atoms with Crippen LogP contribution in [0.1, 0.15) is 5.76 Å². The second kappa shape index (κ2) is 3.33. The van der Waals surface area contributed by atoms with Gasteiger partial charge in [0.1, 0.15) is 12.1 Å². The molecule has 0 atom stereocenters.